The molecule has 1 unspecified atom stereocenters. The summed E-state index contributed by atoms with van der Waals surface area (Å²) >= 11 is 1.92. The fourth-order valence-corrected chi connectivity index (χ4v) is 3.84. The highest BCUT2D eigenvalue weighted by Gasteiger charge is 2.29. The third-order valence-corrected chi connectivity index (χ3v) is 4.79. The number of rotatable bonds is 2. The monoisotopic (exact) mass is 265 g/mol. The molecule has 1 aromatic carbocycles. The minimum Gasteiger partial charge on any atom is -0.396 e. The zero-order valence-electron chi connectivity index (χ0n) is 11.7. The molecule has 0 fully saturated rings. The van der Waals surface area contributed by atoms with Gasteiger partial charge in [0.15, 0.2) is 0 Å². The molecule has 2 rings (SSSR count). The van der Waals surface area contributed by atoms with Crippen molar-refractivity contribution in [3.63, 3.8) is 0 Å². The quantitative estimate of drug-likeness (QED) is 0.887. The van der Waals surface area contributed by atoms with E-state index in [1.807, 2.05) is 11.8 Å². The van der Waals surface area contributed by atoms with Crippen LogP contribution in [0.15, 0.2) is 23.1 Å². The van der Waals surface area contributed by atoms with Gasteiger partial charge < -0.3 is 10.0 Å². The van der Waals surface area contributed by atoms with Gasteiger partial charge in [-0.1, -0.05) is 32.9 Å². The van der Waals surface area contributed by atoms with Crippen LogP contribution in [0.25, 0.3) is 0 Å². The molecule has 1 aliphatic rings. The van der Waals surface area contributed by atoms with Crippen molar-refractivity contribution in [1.29, 1.82) is 0 Å². The number of thioether (sulfide) groups is 1. The van der Waals surface area contributed by atoms with Crippen LogP contribution in [0.4, 0.5) is 5.69 Å². The number of anilines is 1. The highest BCUT2D eigenvalue weighted by Crippen LogP contribution is 2.43. The van der Waals surface area contributed by atoms with E-state index < -0.39 is 0 Å². The van der Waals surface area contributed by atoms with Crippen LogP contribution in [-0.2, 0) is 5.41 Å². The molecule has 1 aliphatic heterocycles. The first-order valence-corrected chi connectivity index (χ1v) is 7.53. The summed E-state index contributed by atoms with van der Waals surface area (Å²) in [4.78, 5) is 3.74. The van der Waals surface area contributed by atoms with Crippen molar-refractivity contribution >= 4 is 17.4 Å². The lowest BCUT2D eigenvalue weighted by molar-refractivity contribution is 0.277. The van der Waals surface area contributed by atoms with E-state index >= 15 is 0 Å². The van der Waals surface area contributed by atoms with Crippen molar-refractivity contribution in [2.75, 3.05) is 24.3 Å². The molecule has 1 heterocycles. The van der Waals surface area contributed by atoms with Crippen LogP contribution in [0.3, 0.4) is 0 Å². The van der Waals surface area contributed by atoms with E-state index in [0.717, 1.165) is 12.2 Å². The van der Waals surface area contributed by atoms with Crippen LogP contribution < -0.4 is 4.90 Å². The third-order valence-electron chi connectivity index (χ3n) is 3.60. The molecular formula is C15H23NOS. The molecular weight excluding hydrogens is 242 g/mol. The van der Waals surface area contributed by atoms with Crippen molar-refractivity contribution in [3.05, 3.63) is 23.8 Å². The van der Waals surface area contributed by atoms with E-state index in [-0.39, 0.29) is 12.0 Å². The first-order valence-electron chi connectivity index (χ1n) is 6.55. The number of benzene rings is 1. The fourth-order valence-electron chi connectivity index (χ4n) is 2.51. The maximum atomic E-state index is 9.18. The molecule has 0 amide bonds. The lowest BCUT2D eigenvalue weighted by Gasteiger charge is -2.39. The van der Waals surface area contributed by atoms with Gasteiger partial charge in [0.1, 0.15) is 0 Å². The summed E-state index contributed by atoms with van der Waals surface area (Å²) in [5, 5.41) is 9.18. The van der Waals surface area contributed by atoms with E-state index in [0.29, 0.717) is 6.04 Å². The molecule has 3 heteroatoms. The summed E-state index contributed by atoms with van der Waals surface area (Å²) < 4.78 is 0. The van der Waals surface area contributed by atoms with Gasteiger partial charge in [-0.05, 0) is 23.5 Å². The van der Waals surface area contributed by atoms with E-state index in [9.17, 15) is 5.11 Å². The molecule has 1 atom stereocenters. The first-order chi connectivity index (χ1) is 8.45. The summed E-state index contributed by atoms with van der Waals surface area (Å²) in [6, 6.07) is 7.04. The number of para-hydroxylation sites is 1. The Bertz CT molecular complexity index is 425. The van der Waals surface area contributed by atoms with Crippen molar-refractivity contribution < 1.29 is 5.11 Å². The molecule has 0 saturated heterocycles. The smallest absolute Gasteiger partial charge is 0.0542 e. The van der Waals surface area contributed by atoms with Gasteiger partial charge in [-0.15, -0.1) is 11.8 Å². The zero-order valence-corrected chi connectivity index (χ0v) is 12.5. The highest BCUT2D eigenvalue weighted by molar-refractivity contribution is 7.99. The minimum atomic E-state index is 0.154. The zero-order chi connectivity index (χ0) is 13.3. The molecule has 1 N–H and O–H groups in total. The Morgan fingerprint density at radius 2 is 2.11 bits per heavy atom. The number of hydrogen-bond acceptors (Lipinski definition) is 3. The second kappa shape index (κ2) is 5.14. The Kier molecular flexibility index (Phi) is 3.93. The Morgan fingerprint density at radius 1 is 1.39 bits per heavy atom. The number of hydrogen-bond donors (Lipinski definition) is 1. The summed E-state index contributed by atoms with van der Waals surface area (Å²) in [7, 11) is 2.16. The summed E-state index contributed by atoms with van der Waals surface area (Å²) in [5.41, 5.74) is 2.92. The van der Waals surface area contributed by atoms with Gasteiger partial charge in [-0.3, -0.25) is 0 Å². The van der Waals surface area contributed by atoms with Gasteiger partial charge >= 0.3 is 0 Å². The summed E-state index contributed by atoms with van der Waals surface area (Å²) in [6.45, 7) is 7.05. The predicted octanol–water partition coefficient (Wildman–Crippen LogP) is 3.28. The normalized spacial score (nSPS) is 19.8. The van der Waals surface area contributed by atoms with Crippen molar-refractivity contribution in [1.82, 2.24) is 0 Å². The van der Waals surface area contributed by atoms with Gasteiger partial charge in [0.2, 0.25) is 0 Å². The predicted molar refractivity (Wildman–Crippen MR) is 79.8 cm³/mol. The molecule has 0 radical (unpaired) electrons. The van der Waals surface area contributed by atoms with Gasteiger partial charge in [-0.25, -0.2) is 0 Å². The largest absolute Gasteiger partial charge is 0.396 e. The molecule has 0 spiro atoms. The lowest BCUT2D eigenvalue weighted by Crippen LogP contribution is -2.39. The fraction of sp³-hybridized carbons (Fsp3) is 0.600. The van der Waals surface area contributed by atoms with Crippen LogP contribution in [0.5, 0.6) is 0 Å². The molecule has 1 aromatic rings. The Balaban J connectivity index is 2.44. The van der Waals surface area contributed by atoms with Gasteiger partial charge in [0, 0.05) is 30.3 Å². The van der Waals surface area contributed by atoms with E-state index in [4.69, 9.17) is 0 Å². The molecule has 2 nitrogen and oxygen atoms in total. The Morgan fingerprint density at radius 3 is 2.72 bits per heavy atom. The number of fused-ring (bicyclic) bond motifs is 1. The van der Waals surface area contributed by atoms with Gasteiger partial charge in [-0.2, -0.15) is 0 Å². The standard InChI is InChI=1S/C15H23NOS/c1-15(2,3)12-6-5-7-13-14(12)16(4)11(8-9-17)10-18-13/h5-7,11,17H,8-10H2,1-4H3. The molecule has 18 heavy (non-hydrogen) atoms. The molecule has 0 saturated carbocycles. The Labute approximate surface area is 114 Å². The van der Waals surface area contributed by atoms with E-state index in [1.165, 1.54) is 16.1 Å². The third kappa shape index (κ3) is 2.52. The van der Waals surface area contributed by atoms with Crippen molar-refractivity contribution in [2.24, 2.45) is 0 Å². The number of nitrogens with zero attached hydrogens (tertiary/aromatic N) is 1. The van der Waals surface area contributed by atoms with Crippen molar-refractivity contribution in [3.8, 4) is 0 Å². The van der Waals surface area contributed by atoms with E-state index in [2.05, 4.69) is 50.9 Å². The Hall–Kier alpha value is -0.670. The van der Waals surface area contributed by atoms with Crippen LogP contribution in [0.2, 0.25) is 0 Å². The maximum absolute atomic E-state index is 9.18. The van der Waals surface area contributed by atoms with Gasteiger partial charge in [0.05, 0.1) is 5.69 Å². The summed E-state index contributed by atoms with van der Waals surface area (Å²) in [5.74, 6) is 1.07. The topological polar surface area (TPSA) is 23.5 Å². The second-order valence-electron chi connectivity index (χ2n) is 5.99. The molecule has 100 valence electrons. The molecule has 0 bridgehead atoms. The van der Waals surface area contributed by atoms with Crippen molar-refractivity contribution in [2.45, 2.75) is 43.5 Å². The average Bonchev–Trinajstić information content (AvgIpc) is 2.31. The second-order valence-corrected chi connectivity index (χ2v) is 7.05. The number of aliphatic hydroxyl groups excluding tert-OH is 1. The van der Waals surface area contributed by atoms with E-state index in [1.54, 1.807) is 0 Å². The SMILES string of the molecule is CN1c2c(cccc2C(C)(C)C)SCC1CCO. The molecule has 0 aliphatic carbocycles. The first kappa shape index (κ1) is 13.8. The lowest BCUT2D eigenvalue weighted by atomic mass is 9.85. The average molecular weight is 265 g/mol. The molecule has 0 aromatic heterocycles. The van der Waals surface area contributed by atoms with Gasteiger partial charge in [0.25, 0.3) is 0 Å². The van der Waals surface area contributed by atoms with Crippen LogP contribution in [0.1, 0.15) is 32.8 Å². The van der Waals surface area contributed by atoms with Crippen LogP contribution >= 0.6 is 11.8 Å². The number of aliphatic hydroxyl groups is 1. The van der Waals surface area contributed by atoms with Crippen LogP contribution in [-0.4, -0.2) is 30.6 Å². The van der Waals surface area contributed by atoms with Crippen LogP contribution in [0, 0.1) is 0 Å². The highest BCUT2D eigenvalue weighted by atomic mass is 32.2. The minimum absolute atomic E-state index is 0.154. The summed E-state index contributed by atoms with van der Waals surface area (Å²) in [6.07, 6.45) is 0.849. The maximum Gasteiger partial charge on any atom is 0.0542 e.